The van der Waals surface area contributed by atoms with Crippen molar-refractivity contribution in [2.24, 2.45) is 0 Å². The molecule has 1 N–H and O–H groups in total. The molecule has 0 aliphatic rings. The van der Waals surface area contributed by atoms with Crippen molar-refractivity contribution < 1.29 is 18.3 Å². The summed E-state index contributed by atoms with van der Waals surface area (Å²) in [5.41, 5.74) is 2.07. The Morgan fingerprint density at radius 2 is 1.72 bits per heavy atom. The quantitative estimate of drug-likeness (QED) is 0.422. The number of carbonyl (C=O) groups is 1. The minimum Gasteiger partial charge on any atom is -0.434 e. The van der Waals surface area contributed by atoms with Crippen LogP contribution in [-0.4, -0.2) is 22.5 Å². The topological polar surface area (TPSA) is 64.1 Å². The summed E-state index contributed by atoms with van der Waals surface area (Å²) in [5.74, 6) is -0.362. The van der Waals surface area contributed by atoms with Gasteiger partial charge in [0.25, 0.3) is 5.91 Å². The van der Waals surface area contributed by atoms with Crippen LogP contribution in [-0.2, 0) is 0 Å². The van der Waals surface area contributed by atoms with Crippen LogP contribution in [0.2, 0.25) is 0 Å². The third-order valence-corrected chi connectivity index (χ3v) is 5.51. The molecule has 0 atom stereocenters. The SMILES string of the molecule is O=C(Nc1nc(-c2ccccc2OC(F)F)cs1)c1csc(-c2ccccc2)n1. The molecule has 0 spiro atoms. The fourth-order valence-corrected chi connectivity index (χ4v) is 4.10. The van der Waals surface area contributed by atoms with Crippen LogP contribution in [0.25, 0.3) is 21.8 Å². The van der Waals surface area contributed by atoms with Gasteiger partial charge in [0, 0.05) is 21.9 Å². The number of nitrogens with one attached hydrogen (secondary N) is 1. The molecule has 0 bridgehead atoms. The zero-order valence-corrected chi connectivity index (χ0v) is 16.3. The van der Waals surface area contributed by atoms with E-state index >= 15 is 0 Å². The molecule has 0 aliphatic carbocycles. The van der Waals surface area contributed by atoms with Crippen LogP contribution < -0.4 is 10.1 Å². The van der Waals surface area contributed by atoms with Crippen LogP contribution in [0, 0.1) is 0 Å². The molecule has 2 aromatic heterocycles. The van der Waals surface area contributed by atoms with Crippen molar-refractivity contribution in [3.05, 3.63) is 71.1 Å². The molecular weight excluding hydrogens is 416 g/mol. The lowest BCUT2D eigenvalue weighted by Crippen LogP contribution is -2.12. The standard InChI is InChI=1S/C20H13F2N3O2S2/c21-19(22)27-16-9-5-4-8-13(16)14-10-29-20(24-14)25-17(26)15-11-28-18(23-15)12-6-2-1-3-7-12/h1-11,19H,(H,24,25,26). The van der Waals surface area contributed by atoms with Crippen molar-refractivity contribution in [3.63, 3.8) is 0 Å². The first-order valence-corrected chi connectivity index (χ1v) is 10.2. The second kappa shape index (κ2) is 8.46. The minimum atomic E-state index is -2.93. The molecule has 0 fully saturated rings. The maximum absolute atomic E-state index is 12.6. The van der Waals surface area contributed by atoms with Crippen molar-refractivity contribution in [1.82, 2.24) is 9.97 Å². The van der Waals surface area contributed by atoms with Gasteiger partial charge in [-0.1, -0.05) is 42.5 Å². The average Bonchev–Trinajstić information content (AvgIpc) is 3.38. The number of anilines is 1. The fraction of sp³-hybridized carbons (Fsp3) is 0.0500. The molecule has 146 valence electrons. The fourth-order valence-electron chi connectivity index (χ4n) is 2.58. The van der Waals surface area contributed by atoms with Gasteiger partial charge < -0.3 is 4.74 Å². The Kier molecular flexibility index (Phi) is 5.59. The van der Waals surface area contributed by atoms with Gasteiger partial charge in [-0.05, 0) is 12.1 Å². The lowest BCUT2D eigenvalue weighted by molar-refractivity contribution is -0.0494. The van der Waals surface area contributed by atoms with Gasteiger partial charge in [-0.2, -0.15) is 8.78 Å². The third-order valence-electron chi connectivity index (χ3n) is 3.86. The Hall–Kier alpha value is -3.17. The molecule has 0 saturated carbocycles. The Morgan fingerprint density at radius 3 is 2.52 bits per heavy atom. The Morgan fingerprint density at radius 1 is 0.966 bits per heavy atom. The van der Waals surface area contributed by atoms with Gasteiger partial charge >= 0.3 is 6.61 Å². The third kappa shape index (κ3) is 4.47. The lowest BCUT2D eigenvalue weighted by Gasteiger charge is -2.08. The number of carbonyl (C=O) groups excluding carboxylic acids is 1. The first-order chi connectivity index (χ1) is 14.1. The van der Waals surface area contributed by atoms with Crippen molar-refractivity contribution in [2.75, 3.05) is 5.32 Å². The summed E-state index contributed by atoms with van der Waals surface area (Å²) in [5, 5.41) is 7.13. The summed E-state index contributed by atoms with van der Waals surface area (Å²) >= 11 is 2.56. The number of hydrogen-bond acceptors (Lipinski definition) is 6. The van der Waals surface area contributed by atoms with Gasteiger partial charge in [0.15, 0.2) is 5.13 Å². The molecule has 29 heavy (non-hydrogen) atoms. The van der Waals surface area contributed by atoms with Crippen LogP contribution in [0.5, 0.6) is 5.75 Å². The van der Waals surface area contributed by atoms with Gasteiger partial charge in [-0.15, -0.1) is 22.7 Å². The smallest absolute Gasteiger partial charge is 0.387 e. The van der Waals surface area contributed by atoms with Crippen LogP contribution in [0.1, 0.15) is 10.5 Å². The van der Waals surface area contributed by atoms with Gasteiger partial charge in [-0.25, -0.2) is 9.97 Å². The van der Waals surface area contributed by atoms with Crippen LogP contribution in [0.4, 0.5) is 13.9 Å². The van der Waals surface area contributed by atoms with Gasteiger partial charge in [0.1, 0.15) is 16.5 Å². The van der Waals surface area contributed by atoms with E-state index in [4.69, 9.17) is 0 Å². The summed E-state index contributed by atoms with van der Waals surface area (Å²) < 4.78 is 29.7. The van der Waals surface area contributed by atoms with Crippen LogP contribution >= 0.6 is 22.7 Å². The summed E-state index contributed by atoms with van der Waals surface area (Å²) in [6.45, 7) is -2.93. The minimum absolute atomic E-state index is 0.0256. The van der Waals surface area contributed by atoms with Gasteiger partial charge in [0.05, 0.1) is 5.69 Å². The molecule has 2 aromatic carbocycles. The van der Waals surface area contributed by atoms with Crippen molar-refractivity contribution >= 4 is 33.7 Å². The number of aromatic nitrogens is 2. The molecule has 0 aliphatic heterocycles. The number of rotatable bonds is 6. The summed E-state index contributed by atoms with van der Waals surface area (Å²) in [6, 6.07) is 15.9. The molecule has 0 saturated heterocycles. The number of para-hydroxylation sites is 1. The van der Waals surface area contributed by atoms with Gasteiger partial charge in [0.2, 0.25) is 0 Å². The van der Waals surface area contributed by atoms with E-state index in [2.05, 4.69) is 20.0 Å². The van der Waals surface area contributed by atoms with E-state index < -0.39 is 6.61 Å². The zero-order valence-electron chi connectivity index (χ0n) is 14.7. The lowest BCUT2D eigenvalue weighted by atomic mass is 10.1. The van der Waals surface area contributed by atoms with E-state index in [0.717, 1.165) is 10.6 Å². The zero-order chi connectivity index (χ0) is 20.2. The van der Waals surface area contributed by atoms with Crippen molar-refractivity contribution in [1.29, 1.82) is 0 Å². The predicted molar refractivity (Wildman–Crippen MR) is 110 cm³/mol. The first kappa shape index (κ1) is 19.2. The number of hydrogen-bond donors (Lipinski definition) is 1. The molecule has 9 heteroatoms. The van der Waals surface area contributed by atoms with E-state index in [1.54, 1.807) is 29.0 Å². The number of halogens is 2. The Balaban J connectivity index is 1.50. The molecule has 0 unspecified atom stereocenters. The number of thiazole rings is 2. The van der Waals surface area contributed by atoms with E-state index in [1.165, 1.54) is 28.7 Å². The van der Waals surface area contributed by atoms with Crippen molar-refractivity contribution in [3.8, 4) is 27.6 Å². The highest BCUT2D eigenvalue weighted by molar-refractivity contribution is 7.14. The number of alkyl halides is 2. The normalized spacial score (nSPS) is 10.9. The second-order valence-corrected chi connectivity index (χ2v) is 7.49. The second-order valence-electron chi connectivity index (χ2n) is 5.77. The monoisotopic (exact) mass is 429 g/mol. The highest BCUT2D eigenvalue weighted by Crippen LogP contribution is 2.33. The molecule has 1 amide bonds. The summed E-state index contributed by atoms with van der Waals surface area (Å²) in [6.07, 6.45) is 0. The number of ether oxygens (including phenoxy) is 1. The van der Waals surface area contributed by atoms with Gasteiger partial charge in [-0.3, -0.25) is 10.1 Å². The van der Waals surface area contributed by atoms with E-state index in [1.807, 2.05) is 30.3 Å². The highest BCUT2D eigenvalue weighted by Gasteiger charge is 2.16. The molecular formula is C20H13F2N3O2S2. The molecule has 5 nitrogen and oxygen atoms in total. The number of amides is 1. The number of benzene rings is 2. The summed E-state index contributed by atoms with van der Waals surface area (Å²) in [4.78, 5) is 21.2. The molecule has 4 aromatic rings. The van der Waals surface area contributed by atoms with E-state index in [-0.39, 0.29) is 17.4 Å². The van der Waals surface area contributed by atoms with E-state index in [0.29, 0.717) is 16.4 Å². The molecule has 2 heterocycles. The highest BCUT2D eigenvalue weighted by atomic mass is 32.1. The predicted octanol–water partition coefficient (Wildman–Crippen LogP) is 5.79. The molecule has 4 rings (SSSR count). The maximum Gasteiger partial charge on any atom is 0.387 e. The maximum atomic E-state index is 12.6. The largest absolute Gasteiger partial charge is 0.434 e. The average molecular weight is 429 g/mol. The molecule has 0 radical (unpaired) electrons. The van der Waals surface area contributed by atoms with Crippen molar-refractivity contribution in [2.45, 2.75) is 6.61 Å². The van der Waals surface area contributed by atoms with Crippen LogP contribution in [0.15, 0.2) is 65.4 Å². The van der Waals surface area contributed by atoms with Crippen LogP contribution in [0.3, 0.4) is 0 Å². The Bertz CT molecular complexity index is 1130. The first-order valence-electron chi connectivity index (χ1n) is 8.42. The number of nitrogens with zero attached hydrogens (tertiary/aromatic N) is 2. The van der Waals surface area contributed by atoms with E-state index in [9.17, 15) is 13.6 Å². The Labute approximate surface area is 172 Å². The summed E-state index contributed by atoms with van der Waals surface area (Å²) in [7, 11) is 0.